The Balaban J connectivity index is 1.58. The fourth-order valence-electron chi connectivity index (χ4n) is 5.07. The van der Waals surface area contributed by atoms with Crippen LogP contribution in [0.2, 0.25) is 5.02 Å². The van der Waals surface area contributed by atoms with Crippen LogP contribution in [0.1, 0.15) is 51.1 Å². The first-order valence-corrected chi connectivity index (χ1v) is 15.4. The zero-order valence-electron chi connectivity index (χ0n) is 23.7. The Morgan fingerprint density at radius 1 is 0.953 bits per heavy atom. The molecule has 0 aliphatic heterocycles. The molecule has 4 aromatic rings. The molecule has 2 N–H and O–H groups in total. The topological polar surface area (TPSA) is 96.4 Å². The number of aromatic nitrogens is 1. The summed E-state index contributed by atoms with van der Waals surface area (Å²) in [4.78, 5) is 16.5. The highest BCUT2D eigenvalue weighted by atomic mass is 35.5. The Kier molecular flexibility index (Phi) is 9.63. The number of anilines is 1. The zero-order valence-corrected chi connectivity index (χ0v) is 25.3. The van der Waals surface area contributed by atoms with Crippen LogP contribution < -0.4 is 5.32 Å². The van der Waals surface area contributed by atoms with E-state index >= 15 is 0 Å². The molecule has 0 spiro atoms. The van der Waals surface area contributed by atoms with Crippen LogP contribution in [0.3, 0.4) is 0 Å². The Morgan fingerprint density at radius 3 is 2.23 bits per heavy atom. The van der Waals surface area contributed by atoms with Crippen molar-refractivity contribution in [2.45, 2.75) is 46.3 Å². The van der Waals surface area contributed by atoms with Crippen LogP contribution in [0, 0.1) is 20.8 Å². The van der Waals surface area contributed by atoms with E-state index in [1.54, 1.807) is 6.07 Å². The van der Waals surface area contributed by atoms with Gasteiger partial charge in [-0.15, -0.1) is 0 Å². The van der Waals surface area contributed by atoms with Gasteiger partial charge in [0.1, 0.15) is 5.69 Å². The number of carbonyl (C=O) groups excluding carboxylic acids is 1. The van der Waals surface area contributed by atoms with E-state index in [0.717, 1.165) is 39.9 Å². The second-order valence-corrected chi connectivity index (χ2v) is 12.4. The van der Waals surface area contributed by atoms with E-state index in [1.165, 1.54) is 24.4 Å². The van der Waals surface area contributed by atoms with E-state index in [2.05, 4.69) is 22.4 Å². The largest absolute Gasteiger partial charge is 0.416 e. The van der Waals surface area contributed by atoms with Crippen molar-refractivity contribution in [1.82, 2.24) is 4.98 Å². The Labute approximate surface area is 253 Å². The second-order valence-electron chi connectivity index (χ2n) is 10.4. The summed E-state index contributed by atoms with van der Waals surface area (Å²) in [6, 6.07) is 16.1. The molecule has 0 fully saturated rings. The lowest BCUT2D eigenvalue weighted by molar-refractivity contribution is -0.137. The van der Waals surface area contributed by atoms with Gasteiger partial charge >= 0.3 is 6.18 Å². The van der Waals surface area contributed by atoms with Gasteiger partial charge in [-0.1, -0.05) is 47.5 Å². The van der Waals surface area contributed by atoms with Crippen molar-refractivity contribution >= 4 is 33.2 Å². The van der Waals surface area contributed by atoms with Crippen LogP contribution in [-0.2, 0) is 22.8 Å². The second kappa shape index (κ2) is 12.9. The third-order valence-corrected chi connectivity index (χ3v) is 8.12. The molecule has 226 valence electrons. The third kappa shape index (κ3) is 8.22. The lowest BCUT2D eigenvalue weighted by Gasteiger charge is -2.17. The first kappa shape index (κ1) is 32.2. The highest BCUT2D eigenvalue weighted by Crippen LogP contribution is 2.37. The quantitative estimate of drug-likeness (QED) is 0.135. The minimum absolute atomic E-state index is 0.0412. The molecule has 0 saturated carbocycles. The summed E-state index contributed by atoms with van der Waals surface area (Å²) in [7, 11) is -4.19. The number of aryl methyl sites for hydroxylation is 3. The van der Waals surface area contributed by atoms with Crippen LogP contribution in [0.5, 0.6) is 0 Å². The number of pyridine rings is 1. The predicted molar refractivity (Wildman–Crippen MR) is 163 cm³/mol. The molecule has 0 bridgehead atoms. The normalized spacial score (nSPS) is 11.9. The standard InChI is InChI=1S/C32H30ClF3N2O4S/c1-19-13-20(2)31(21(3)14-19)26-10-9-25(16-28(26)33)37-17-22-6-8-24(32(34,35)36)15-27(22)23-7-11-29(38-18-23)30(39)5-4-12-43(40,41)42/h6-11,13-16,18,37H,4-5,12,17H2,1-3H3,(H,40,41,42). The molecule has 0 aliphatic rings. The fourth-order valence-corrected chi connectivity index (χ4v) is 5.85. The van der Waals surface area contributed by atoms with Crippen molar-refractivity contribution in [3.63, 3.8) is 0 Å². The summed E-state index contributed by atoms with van der Waals surface area (Å²) in [5.41, 5.74) is 6.43. The van der Waals surface area contributed by atoms with E-state index in [0.29, 0.717) is 21.8 Å². The number of ketones is 1. The molecule has 0 saturated heterocycles. The van der Waals surface area contributed by atoms with Gasteiger partial charge in [0.05, 0.1) is 16.3 Å². The van der Waals surface area contributed by atoms with E-state index in [-0.39, 0.29) is 30.6 Å². The Bertz CT molecular complexity index is 1750. The molecular weight excluding hydrogens is 601 g/mol. The maximum atomic E-state index is 13.6. The first-order chi connectivity index (χ1) is 20.1. The number of Topliss-reactive ketones (excluding diaryl/α,β-unsaturated/α-hetero) is 1. The maximum Gasteiger partial charge on any atom is 0.416 e. The minimum Gasteiger partial charge on any atom is -0.381 e. The number of carbonyl (C=O) groups is 1. The average molecular weight is 631 g/mol. The Morgan fingerprint density at radius 2 is 1.65 bits per heavy atom. The summed E-state index contributed by atoms with van der Waals surface area (Å²) >= 11 is 6.68. The van der Waals surface area contributed by atoms with Crippen LogP contribution in [0.4, 0.5) is 18.9 Å². The van der Waals surface area contributed by atoms with Gasteiger partial charge in [-0.2, -0.15) is 21.6 Å². The number of rotatable bonds is 10. The first-order valence-electron chi connectivity index (χ1n) is 13.4. The molecule has 43 heavy (non-hydrogen) atoms. The van der Waals surface area contributed by atoms with Crippen molar-refractivity contribution in [3.8, 4) is 22.3 Å². The summed E-state index contributed by atoms with van der Waals surface area (Å²) in [6.07, 6.45) is -3.49. The van der Waals surface area contributed by atoms with Gasteiger partial charge in [0.25, 0.3) is 10.1 Å². The van der Waals surface area contributed by atoms with Crippen molar-refractivity contribution in [2.75, 3.05) is 11.1 Å². The van der Waals surface area contributed by atoms with Crippen LogP contribution >= 0.6 is 11.6 Å². The molecular formula is C32H30ClF3N2O4S. The maximum absolute atomic E-state index is 13.6. The molecule has 3 aromatic carbocycles. The number of alkyl halides is 3. The smallest absolute Gasteiger partial charge is 0.381 e. The van der Waals surface area contributed by atoms with Crippen LogP contribution in [0.15, 0.2) is 66.9 Å². The minimum atomic E-state index is -4.56. The van der Waals surface area contributed by atoms with Gasteiger partial charge in [-0.05, 0) is 85.3 Å². The van der Waals surface area contributed by atoms with Crippen molar-refractivity contribution in [3.05, 3.63) is 105 Å². The molecule has 6 nitrogen and oxygen atoms in total. The van der Waals surface area contributed by atoms with Gasteiger partial charge < -0.3 is 5.32 Å². The lowest BCUT2D eigenvalue weighted by atomic mass is 9.93. The summed E-state index contributed by atoms with van der Waals surface area (Å²) in [5.74, 6) is -1.01. The van der Waals surface area contributed by atoms with Gasteiger partial charge in [0, 0.05) is 36.0 Å². The molecule has 1 aromatic heterocycles. The molecule has 0 aliphatic carbocycles. The highest BCUT2D eigenvalue weighted by molar-refractivity contribution is 7.85. The number of nitrogens with one attached hydrogen (secondary N) is 1. The molecule has 4 rings (SSSR count). The van der Waals surface area contributed by atoms with Gasteiger partial charge in [-0.3, -0.25) is 14.3 Å². The van der Waals surface area contributed by atoms with Gasteiger partial charge in [0.15, 0.2) is 5.78 Å². The Hall–Kier alpha value is -3.73. The average Bonchev–Trinajstić information content (AvgIpc) is 2.91. The van der Waals surface area contributed by atoms with E-state index in [4.69, 9.17) is 16.2 Å². The predicted octanol–water partition coefficient (Wildman–Crippen LogP) is 8.48. The number of hydrogen-bond acceptors (Lipinski definition) is 5. The zero-order chi connectivity index (χ0) is 31.5. The summed E-state index contributed by atoms with van der Waals surface area (Å²) in [6.45, 7) is 6.29. The van der Waals surface area contributed by atoms with E-state index in [9.17, 15) is 26.4 Å². The lowest BCUT2D eigenvalue weighted by Crippen LogP contribution is -2.09. The van der Waals surface area contributed by atoms with Gasteiger partial charge in [0.2, 0.25) is 0 Å². The van der Waals surface area contributed by atoms with Crippen molar-refractivity contribution < 1.29 is 30.9 Å². The van der Waals surface area contributed by atoms with E-state index in [1.807, 2.05) is 32.9 Å². The number of nitrogens with zero attached hydrogens (tertiary/aromatic N) is 1. The fraction of sp³-hybridized carbons (Fsp3) is 0.250. The molecule has 1 heterocycles. The monoisotopic (exact) mass is 630 g/mol. The SMILES string of the molecule is Cc1cc(C)c(-c2ccc(NCc3ccc(C(F)(F)F)cc3-c3ccc(C(=O)CCCS(=O)(=O)O)nc3)cc2Cl)c(C)c1. The van der Waals surface area contributed by atoms with Crippen LogP contribution in [0.25, 0.3) is 22.3 Å². The summed E-state index contributed by atoms with van der Waals surface area (Å²) in [5, 5.41) is 3.78. The third-order valence-electron chi connectivity index (χ3n) is 7.00. The number of benzene rings is 3. The van der Waals surface area contributed by atoms with Crippen molar-refractivity contribution in [2.24, 2.45) is 0 Å². The van der Waals surface area contributed by atoms with Crippen LogP contribution in [-0.4, -0.2) is 29.5 Å². The summed E-state index contributed by atoms with van der Waals surface area (Å²) < 4.78 is 71.4. The molecule has 0 radical (unpaired) electrons. The van der Waals surface area contributed by atoms with E-state index < -0.39 is 33.4 Å². The molecule has 11 heteroatoms. The van der Waals surface area contributed by atoms with Crippen molar-refractivity contribution in [1.29, 1.82) is 0 Å². The molecule has 0 atom stereocenters. The number of halogens is 4. The molecule has 0 unspecified atom stereocenters. The van der Waals surface area contributed by atoms with Gasteiger partial charge in [-0.25, -0.2) is 0 Å². The highest BCUT2D eigenvalue weighted by Gasteiger charge is 2.31. The molecule has 0 amide bonds. The number of hydrogen-bond donors (Lipinski definition) is 2.